The lowest BCUT2D eigenvalue weighted by atomic mass is 9.92. The Morgan fingerprint density at radius 1 is 1.35 bits per heavy atom. The summed E-state index contributed by atoms with van der Waals surface area (Å²) in [6.07, 6.45) is 4.56. The molecule has 0 radical (unpaired) electrons. The fourth-order valence-electron chi connectivity index (χ4n) is 3.20. The van der Waals surface area contributed by atoms with Gasteiger partial charge in [-0.1, -0.05) is 0 Å². The van der Waals surface area contributed by atoms with Crippen molar-refractivity contribution in [2.75, 3.05) is 26.8 Å². The van der Waals surface area contributed by atoms with Crippen molar-refractivity contribution in [3.8, 4) is 0 Å². The minimum absolute atomic E-state index is 0.111. The molecule has 20 heavy (non-hydrogen) atoms. The second-order valence-electron chi connectivity index (χ2n) is 6.62. The highest BCUT2D eigenvalue weighted by molar-refractivity contribution is 5.76. The van der Waals surface area contributed by atoms with Crippen molar-refractivity contribution in [1.82, 2.24) is 10.4 Å². The van der Waals surface area contributed by atoms with Crippen LogP contribution in [0.5, 0.6) is 0 Å². The molecule has 2 aliphatic heterocycles. The number of rotatable bonds is 4. The van der Waals surface area contributed by atoms with Crippen LogP contribution in [0.15, 0.2) is 0 Å². The molecule has 5 nitrogen and oxygen atoms in total. The summed E-state index contributed by atoms with van der Waals surface area (Å²) in [5.74, 6) is 0.692. The largest absolute Gasteiger partial charge is 0.375 e. The van der Waals surface area contributed by atoms with Crippen LogP contribution in [0, 0.1) is 5.92 Å². The highest BCUT2D eigenvalue weighted by Gasteiger charge is 2.30. The van der Waals surface area contributed by atoms with E-state index in [-0.39, 0.29) is 17.6 Å². The van der Waals surface area contributed by atoms with E-state index < -0.39 is 0 Å². The minimum atomic E-state index is -0.111. The van der Waals surface area contributed by atoms with Gasteiger partial charge in [-0.3, -0.25) is 4.79 Å². The third-order valence-electron chi connectivity index (χ3n) is 4.37. The zero-order chi connectivity index (χ0) is 14.6. The van der Waals surface area contributed by atoms with E-state index in [0.29, 0.717) is 12.3 Å². The van der Waals surface area contributed by atoms with Crippen LogP contribution in [-0.2, 0) is 14.4 Å². The maximum atomic E-state index is 12.1. The third kappa shape index (κ3) is 4.72. The fraction of sp³-hybridized carbons (Fsp3) is 0.933. The van der Waals surface area contributed by atoms with Gasteiger partial charge in [-0.2, -0.15) is 5.06 Å². The number of nitrogens with zero attached hydrogens (tertiary/aromatic N) is 1. The minimum Gasteiger partial charge on any atom is -0.375 e. The monoisotopic (exact) mass is 284 g/mol. The molecule has 0 bridgehead atoms. The summed E-state index contributed by atoms with van der Waals surface area (Å²) in [4.78, 5) is 17.4. The van der Waals surface area contributed by atoms with E-state index in [0.717, 1.165) is 45.4 Å². The lowest BCUT2D eigenvalue weighted by molar-refractivity contribution is -0.150. The lowest BCUT2D eigenvalue weighted by Gasteiger charge is -2.36. The van der Waals surface area contributed by atoms with Gasteiger partial charge in [-0.15, -0.1) is 0 Å². The SMILES string of the molecule is CON1CCC(CC(=O)NC2CCOC(C)(C)C2)CC1. The number of hydroxylamine groups is 2. The van der Waals surface area contributed by atoms with Crippen molar-refractivity contribution in [1.29, 1.82) is 0 Å². The third-order valence-corrected chi connectivity index (χ3v) is 4.37. The van der Waals surface area contributed by atoms with Crippen molar-refractivity contribution in [2.45, 2.75) is 57.6 Å². The summed E-state index contributed by atoms with van der Waals surface area (Å²) in [6.45, 7) is 6.78. The second kappa shape index (κ2) is 6.87. The molecule has 1 amide bonds. The van der Waals surface area contributed by atoms with Crippen LogP contribution < -0.4 is 5.32 Å². The van der Waals surface area contributed by atoms with Gasteiger partial charge >= 0.3 is 0 Å². The Morgan fingerprint density at radius 2 is 2.05 bits per heavy atom. The molecule has 0 aromatic carbocycles. The molecule has 1 atom stereocenters. The average molecular weight is 284 g/mol. The Hall–Kier alpha value is -0.650. The van der Waals surface area contributed by atoms with Gasteiger partial charge < -0.3 is 14.9 Å². The molecule has 0 aromatic rings. The van der Waals surface area contributed by atoms with E-state index in [9.17, 15) is 4.79 Å². The summed E-state index contributed by atoms with van der Waals surface area (Å²) < 4.78 is 5.68. The molecule has 2 aliphatic rings. The van der Waals surface area contributed by atoms with Crippen molar-refractivity contribution in [2.24, 2.45) is 5.92 Å². The fourth-order valence-corrected chi connectivity index (χ4v) is 3.20. The van der Waals surface area contributed by atoms with Gasteiger partial charge in [0.25, 0.3) is 0 Å². The van der Waals surface area contributed by atoms with Crippen molar-refractivity contribution < 1.29 is 14.4 Å². The van der Waals surface area contributed by atoms with Gasteiger partial charge in [0.2, 0.25) is 5.91 Å². The Balaban J connectivity index is 1.70. The van der Waals surface area contributed by atoms with E-state index in [1.807, 2.05) is 5.06 Å². The zero-order valence-corrected chi connectivity index (χ0v) is 13.0. The van der Waals surface area contributed by atoms with Crippen molar-refractivity contribution >= 4 is 5.91 Å². The van der Waals surface area contributed by atoms with Gasteiger partial charge in [-0.25, -0.2) is 0 Å². The number of hydrogen-bond acceptors (Lipinski definition) is 4. The van der Waals surface area contributed by atoms with Gasteiger partial charge in [0.15, 0.2) is 0 Å². The first kappa shape index (κ1) is 15.7. The lowest BCUT2D eigenvalue weighted by Crippen LogP contribution is -2.46. The molecule has 2 saturated heterocycles. The molecule has 1 N–H and O–H groups in total. The van der Waals surface area contributed by atoms with Crippen LogP contribution in [0.2, 0.25) is 0 Å². The van der Waals surface area contributed by atoms with E-state index in [1.54, 1.807) is 7.11 Å². The number of ether oxygens (including phenoxy) is 1. The summed E-state index contributed by atoms with van der Waals surface area (Å²) in [6, 6.07) is 0.269. The maximum absolute atomic E-state index is 12.1. The van der Waals surface area contributed by atoms with Crippen LogP contribution in [0.4, 0.5) is 0 Å². The molecule has 0 spiro atoms. The summed E-state index contributed by atoms with van der Waals surface area (Å²) in [7, 11) is 1.71. The van der Waals surface area contributed by atoms with Gasteiger partial charge in [0.1, 0.15) is 0 Å². The highest BCUT2D eigenvalue weighted by atomic mass is 16.7. The molecule has 2 fully saturated rings. The average Bonchev–Trinajstić information content (AvgIpc) is 2.38. The Labute approximate surface area is 121 Å². The van der Waals surface area contributed by atoms with Crippen LogP contribution >= 0.6 is 0 Å². The predicted molar refractivity (Wildman–Crippen MR) is 77.1 cm³/mol. The molecule has 0 saturated carbocycles. The van der Waals surface area contributed by atoms with Gasteiger partial charge in [-0.05, 0) is 45.4 Å². The number of carbonyl (C=O) groups is 1. The Bertz CT molecular complexity index is 325. The van der Waals surface area contributed by atoms with Gasteiger partial charge in [0.05, 0.1) is 12.7 Å². The molecule has 116 valence electrons. The Morgan fingerprint density at radius 3 is 2.65 bits per heavy atom. The number of carbonyl (C=O) groups excluding carboxylic acids is 1. The first-order valence-electron chi connectivity index (χ1n) is 7.71. The maximum Gasteiger partial charge on any atom is 0.220 e. The normalized spacial score (nSPS) is 28.2. The number of hydrogen-bond donors (Lipinski definition) is 1. The zero-order valence-electron chi connectivity index (χ0n) is 13.0. The van der Waals surface area contributed by atoms with E-state index >= 15 is 0 Å². The first-order valence-corrected chi connectivity index (χ1v) is 7.71. The van der Waals surface area contributed by atoms with E-state index in [4.69, 9.17) is 9.57 Å². The van der Waals surface area contributed by atoms with Gasteiger partial charge in [0, 0.05) is 32.2 Å². The van der Waals surface area contributed by atoms with Crippen LogP contribution in [0.1, 0.15) is 46.0 Å². The van der Waals surface area contributed by atoms with Crippen LogP contribution in [0.3, 0.4) is 0 Å². The molecule has 0 aromatic heterocycles. The quantitative estimate of drug-likeness (QED) is 0.854. The number of nitrogens with one attached hydrogen (secondary N) is 1. The highest BCUT2D eigenvalue weighted by Crippen LogP contribution is 2.25. The van der Waals surface area contributed by atoms with Crippen molar-refractivity contribution in [3.05, 3.63) is 0 Å². The molecular formula is C15H28N2O3. The molecule has 0 aliphatic carbocycles. The van der Waals surface area contributed by atoms with Crippen LogP contribution in [0.25, 0.3) is 0 Å². The second-order valence-corrected chi connectivity index (χ2v) is 6.62. The standard InChI is InChI=1S/C15H28N2O3/c1-15(2)11-13(6-9-20-15)16-14(18)10-12-4-7-17(19-3)8-5-12/h12-13H,4-11H2,1-3H3,(H,16,18). The smallest absolute Gasteiger partial charge is 0.220 e. The van der Waals surface area contributed by atoms with E-state index in [2.05, 4.69) is 19.2 Å². The molecular weight excluding hydrogens is 256 g/mol. The van der Waals surface area contributed by atoms with Crippen LogP contribution in [-0.4, -0.2) is 49.4 Å². The molecule has 5 heteroatoms. The molecule has 2 heterocycles. The molecule has 2 rings (SSSR count). The first-order chi connectivity index (χ1) is 9.48. The predicted octanol–water partition coefficient (Wildman–Crippen LogP) is 1.72. The number of piperidine rings is 1. The summed E-state index contributed by atoms with van der Waals surface area (Å²) in [5, 5.41) is 5.15. The molecule has 1 unspecified atom stereocenters. The Kier molecular flexibility index (Phi) is 5.41. The van der Waals surface area contributed by atoms with Crippen molar-refractivity contribution in [3.63, 3.8) is 0 Å². The van der Waals surface area contributed by atoms with E-state index in [1.165, 1.54) is 0 Å². The summed E-state index contributed by atoms with van der Waals surface area (Å²) in [5.41, 5.74) is -0.111. The summed E-state index contributed by atoms with van der Waals surface area (Å²) >= 11 is 0. The number of amides is 1. The topological polar surface area (TPSA) is 50.8 Å².